The van der Waals surface area contributed by atoms with Crippen molar-refractivity contribution in [1.82, 2.24) is 0 Å². The van der Waals surface area contributed by atoms with Crippen molar-refractivity contribution in [1.29, 1.82) is 0 Å². The van der Waals surface area contributed by atoms with Crippen LogP contribution in [0, 0.1) is 6.92 Å². The fourth-order valence-corrected chi connectivity index (χ4v) is 3.32. The lowest BCUT2D eigenvalue weighted by molar-refractivity contribution is 0.191. The van der Waals surface area contributed by atoms with Crippen LogP contribution in [-0.2, 0) is 0 Å². The van der Waals surface area contributed by atoms with Crippen molar-refractivity contribution in [3.05, 3.63) is 42.9 Å². The number of halogens is 2. The van der Waals surface area contributed by atoms with Gasteiger partial charge in [-0.3, -0.25) is 0 Å². The summed E-state index contributed by atoms with van der Waals surface area (Å²) in [5.74, 6) is 1.38. The lowest BCUT2D eigenvalue weighted by atomic mass is 10.2. The summed E-state index contributed by atoms with van der Waals surface area (Å²) in [5.41, 5.74) is 0. The van der Waals surface area contributed by atoms with E-state index in [0.717, 1.165) is 18.9 Å². The molecule has 1 atom stereocenters. The number of hydrogen-bond acceptors (Lipinski definition) is 3. The van der Waals surface area contributed by atoms with Gasteiger partial charge in [0.25, 0.3) is 0 Å². The zero-order valence-electron chi connectivity index (χ0n) is 7.83. The van der Waals surface area contributed by atoms with Crippen molar-refractivity contribution < 1.29 is 9.52 Å². The second-order valence-electron chi connectivity index (χ2n) is 3.12. The van der Waals surface area contributed by atoms with Crippen LogP contribution in [0.15, 0.2) is 30.9 Å². The summed E-state index contributed by atoms with van der Waals surface area (Å²) in [5, 5.41) is 10.0. The maximum Gasteiger partial charge on any atom is 0.146 e. The second kappa shape index (κ2) is 4.41. The lowest BCUT2D eigenvalue weighted by Gasteiger charge is -2.03. The molecule has 2 heterocycles. The van der Waals surface area contributed by atoms with Gasteiger partial charge in [0.2, 0.25) is 0 Å². The van der Waals surface area contributed by atoms with Gasteiger partial charge in [-0.15, -0.1) is 11.3 Å². The smallest absolute Gasteiger partial charge is 0.146 e. The molecule has 0 spiro atoms. The van der Waals surface area contributed by atoms with Gasteiger partial charge in [-0.2, -0.15) is 0 Å². The molecular weight excluding hydrogens is 344 g/mol. The Bertz CT molecular complexity index is 456. The van der Waals surface area contributed by atoms with Crippen molar-refractivity contribution in [3.63, 3.8) is 0 Å². The Morgan fingerprint density at radius 1 is 1.40 bits per heavy atom. The van der Waals surface area contributed by atoms with Crippen LogP contribution in [-0.4, -0.2) is 5.11 Å². The highest BCUT2D eigenvalue weighted by atomic mass is 79.9. The molecule has 0 bridgehead atoms. The van der Waals surface area contributed by atoms with Crippen LogP contribution in [0.25, 0.3) is 0 Å². The van der Waals surface area contributed by atoms with Crippen LogP contribution >= 0.6 is 43.2 Å². The van der Waals surface area contributed by atoms with E-state index in [9.17, 15) is 5.11 Å². The van der Waals surface area contributed by atoms with Crippen LogP contribution in [0.1, 0.15) is 22.5 Å². The third-order valence-electron chi connectivity index (χ3n) is 1.96. The summed E-state index contributed by atoms with van der Waals surface area (Å²) >= 11 is 8.26. The molecule has 5 heteroatoms. The van der Waals surface area contributed by atoms with Crippen LogP contribution in [0.3, 0.4) is 0 Å². The Morgan fingerprint density at radius 3 is 2.60 bits per heavy atom. The fourth-order valence-electron chi connectivity index (χ4n) is 1.24. The summed E-state index contributed by atoms with van der Waals surface area (Å²) < 4.78 is 7.30. The first-order valence-electron chi connectivity index (χ1n) is 4.27. The minimum absolute atomic E-state index is 0.578. The molecular formula is C10H8Br2O2S. The zero-order chi connectivity index (χ0) is 11.0. The van der Waals surface area contributed by atoms with Gasteiger partial charge in [0, 0.05) is 9.35 Å². The average Bonchev–Trinajstić information content (AvgIpc) is 2.74. The predicted octanol–water partition coefficient (Wildman–Crippen LogP) is 4.26. The summed E-state index contributed by atoms with van der Waals surface area (Å²) in [7, 11) is 0. The maximum absolute atomic E-state index is 10.0. The second-order valence-corrected chi connectivity index (χ2v) is 6.38. The third kappa shape index (κ3) is 2.36. The predicted molar refractivity (Wildman–Crippen MR) is 67.2 cm³/mol. The summed E-state index contributed by atoms with van der Waals surface area (Å²) in [6.45, 7) is 1.86. The maximum atomic E-state index is 10.0. The molecule has 2 nitrogen and oxygen atoms in total. The quantitative estimate of drug-likeness (QED) is 0.877. The van der Waals surface area contributed by atoms with E-state index in [-0.39, 0.29) is 0 Å². The Labute approximate surface area is 108 Å². The molecule has 0 radical (unpaired) electrons. The largest absolute Gasteiger partial charge is 0.463 e. The standard InChI is InChI=1S/C10H8Br2O2S/c1-5-2-3-7(14-5)9(13)8-4-6(11)10(12)15-8/h2-4,9,13H,1H3. The van der Waals surface area contributed by atoms with Crippen molar-refractivity contribution in [2.45, 2.75) is 13.0 Å². The lowest BCUT2D eigenvalue weighted by Crippen LogP contribution is -1.94. The van der Waals surface area contributed by atoms with Crippen LogP contribution in [0.4, 0.5) is 0 Å². The average molecular weight is 352 g/mol. The molecule has 2 aromatic heterocycles. The molecule has 0 saturated heterocycles. The van der Waals surface area contributed by atoms with E-state index in [1.165, 1.54) is 11.3 Å². The van der Waals surface area contributed by atoms with Gasteiger partial charge in [0.05, 0.1) is 3.79 Å². The number of aryl methyl sites for hydroxylation is 1. The van der Waals surface area contributed by atoms with E-state index in [1.54, 1.807) is 6.07 Å². The molecule has 2 aromatic rings. The van der Waals surface area contributed by atoms with Gasteiger partial charge >= 0.3 is 0 Å². The topological polar surface area (TPSA) is 33.4 Å². The molecule has 0 aliphatic heterocycles. The first-order chi connectivity index (χ1) is 7.08. The van der Waals surface area contributed by atoms with E-state index in [4.69, 9.17) is 4.42 Å². The molecule has 0 amide bonds. The first-order valence-corrected chi connectivity index (χ1v) is 6.67. The van der Waals surface area contributed by atoms with Gasteiger partial charge in [-0.25, -0.2) is 0 Å². The molecule has 15 heavy (non-hydrogen) atoms. The van der Waals surface area contributed by atoms with Gasteiger partial charge in [-0.05, 0) is 57.0 Å². The fraction of sp³-hybridized carbons (Fsp3) is 0.200. The number of rotatable bonds is 2. The van der Waals surface area contributed by atoms with Gasteiger partial charge in [0.15, 0.2) is 0 Å². The first kappa shape index (κ1) is 11.4. The molecule has 0 aromatic carbocycles. The van der Waals surface area contributed by atoms with Crippen LogP contribution < -0.4 is 0 Å². The minimum atomic E-state index is -0.689. The number of thiophene rings is 1. The van der Waals surface area contributed by atoms with Gasteiger partial charge in [-0.1, -0.05) is 0 Å². The number of furan rings is 1. The van der Waals surface area contributed by atoms with Crippen molar-refractivity contribution in [2.24, 2.45) is 0 Å². The normalized spacial score (nSPS) is 13.1. The Kier molecular flexibility index (Phi) is 3.35. The highest BCUT2D eigenvalue weighted by Crippen LogP contribution is 2.37. The molecule has 2 rings (SSSR count). The van der Waals surface area contributed by atoms with Gasteiger partial charge < -0.3 is 9.52 Å². The van der Waals surface area contributed by atoms with Crippen LogP contribution in [0.2, 0.25) is 0 Å². The van der Waals surface area contributed by atoms with Crippen molar-refractivity contribution in [2.75, 3.05) is 0 Å². The molecule has 0 saturated carbocycles. The number of aliphatic hydroxyl groups excluding tert-OH is 1. The Balaban J connectivity index is 2.31. The molecule has 0 fully saturated rings. The number of aliphatic hydroxyl groups is 1. The summed E-state index contributed by atoms with van der Waals surface area (Å²) in [6, 6.07) is 5.52. The van der Waals surface area contributed by atoms with Crippen LogP contribution in [0.5, 0.6) is 0 Å². The molecule has 1 unspecified atom stereocenters. The summed E-state index contributed by atoms with van der Waals surface area (Å²) in [4.78, 5) is 0.850. The van der Waals surface area contributed by atoms with E-state index in [1.807, 2.05) is 19.1 Å². The third-order valence-corrected chi connectivity index (χ3v) is 5.27. The highest BCUT2D eigenvalue weighted by Gasteiger charge is 2.17. The zero-order valence-corrected chi connectivity index (χ0v) is 11.8. The molecule has 80 valence electrons. The molecule has 0 aliphatic carbocycles. The molecule has 0 aliphatic rings. The van der Waals surface area contributed by atoms with E-state index >= 15 is 0 Å². The monoisotopic (exact) mass is 350 g/mol. The molecule has 1 N–H and O–H groups in total. The number of hydrogen-bond donors (Lipinski definition) is 1. The Hall–Kier alpha value is -0.100. The van der Waals surface area contributed by atoms with Crippen molar-refractivity contribution >= 4 is 43.2 Å². The van der Waals surface area contributed by atoms with Crippen molar-refractivity contribution in [3.8, 4) is 0 Å². The van der Waals surface area contributed by atoms with E-state index in [0.29, 0.717) is 5.76 Å². The highest BCUT2D eigenvalue weighted by molar-refractivity contribution is 9.13. The van der Waals surface area contributed by atoms with E-state index in [2.05, 4.69) is 31.9 Å². The van der Waals surface area contributed by atoms with E-state index < -0.39 is 6.10 Å². The SMILES string of the molecule is Cc1ccc(C(O)c2cc(Br)c(Br)s2)o1. The Morgan fingerprint density at radius 2 is 2.13 bits per heavy atom. The van der Waals surface area contributed by atoms with Gasteiger partial charge in [0.1, 0.15) is 17.6 Å². The minimum Gasteiger partial charge on any atom is -0.463 e. The summed E-state index contributed by atoms with van der Waals surface area (Å²) in [6.07, 6.45) is -0.689.